The average molecular weight is 245 g/mol. The fourth-order valence-electron chi connectivity index (χ4n) is 1.39. The van der Waals surface area contributed by atoms with Gasteiger partial charge < -0.3 is 0 Å². The molecule has 1 heterocycles. The lowest BCUT2D eigenvalue weighted by molar-refractivity contribution is 0.101. The van der Waals surface area contributed by atoms with Crippen molar-refractivity contribution in [1.82, 2.24) is 4.98 Å². The maximum atomic E-state index is 12.1. The Balaban J connectivity index is 2.30. The monoisotopic (exact) mass is 245 g/mol. The summed E-state index contributed by atoms with van der Waals surface area (Å²) in [6.07, 6.45) is 1.61. The second-order valence-electron chi connectivity index (χ2n) is 3.52. The van der Waals surface area contributed by atoms with Crippen LogP contribution in [0.25, 0.3) is 0 Å². The maximum absolute atomic E-state index is 12.1. The number of benzene rings is 1. The van der Waals surface area contributed by atoms with Gasteiger partial charge in [0.15, 0.2) is 5.78 Å². The Morgan fingerprint density at radius 2 is 1.82 bits per heavy atom. The number of hydrogen-bond donors (Lipinski definition) is 0. The Labute approximate surface area is 102 Å². The van der Waals surface area contributed by atoms with Crippen LogP contribution in [0, 0.1) is 0 Å². The number of carbonyl (C=O) groups excluding carboxylic acids is 1. The van der Waals surface area contributed by atoms with Crippen molar-refractivity contribution in [3.05, 3.63) is 54.2 Å². The van der Waals surface area contributed by atoms with Crippen molar-refractivity contribution in [1.29, 1.82) is 0 Å². The summed E-state index contributed by atoms with van der Waals surface area (Å²) < 4.78 is 12.1. The van der Waals surface area contributed by atoms with Gasteiger partial charge >= 0.3 is 0 Å². The molecule has 0 saturated heterocycles. The zero-order chi connectivity index (χ0) is 12.3. The molecule has 1 aromatic heterocycles. The van der Waals surface area contributed by atoms with Gasteiger partial charge in [0.2, 0.25) is 0 Å². The predicted molar refractivity (Wildman–Crippen MR) is 65.4 cm³/mol. The van der Waals surface area contributed by atoms with Crippen LogP contribution in [0.15, 0.2) is 58.6 Å². The fourth-order valence-corrected chi connectivity index (χ4v) is 2.37. The summed E-state index contributed by atoms with van der Waals surface area (Å²) in [4.78, 5) is 15.8. The van der Waals surface area contributed by atoms with Crippen molar-refractivity contribution >= 4 is 16.6 Å². The standard InChI is InChI=1S/C13H11NO2S/c1-10(15)11-5-7-12(8-6-11)17(16)13-4-2-3-9-14-13/h2-9H,1H3. The lowest BCUT2D eigenvalue weighted by Crippen LogP contribution is -1.97. The van der Waals surface area contributed by atoms with Crippen LogP contribution in [0.4, 0.5) is 0 Å². The van der Waals surface area contributed by atoms with Crippen LogP contribution in [0.2, 0.25) is 0 Å². The second kappa shape index (κ2) is 5.01. The molecule has 86 valence electrons. The van der Waals surface area contributed by atoms with E-state index in [1.807, 2.05) is 0 Å². The van der Waals surface area contributed by atoms with Crippen molar-refractivity contribution in [2.24, 2.45) is 0 Å². The minimum atomic E-state index is -1.29. The van der Waals surface area contributed by atoms with Gasteiger partial charge in [-0.1, -0.05) is 18.2 Å². The van der Waals surface area contributed by atoms with Gasteiger partial charge in [0, 0.05) is 16.7 Å². The lowest BCUT2D eigenvalue weighted by atomic mass is 10.2. The first kappa shape index (κ1) is 11.7. The molecule has 17 heavy (non-hydrogen) atoms. The van der Waals surface area contributed by atoms with Gasteiger partial charge in [0.05, 0.1) is 0 Å². The van der Waals surface area contributed by atoms with Crippen molar-refractivity contribution in [2.45, 2.75) is 16.8 Å². The molecule has 0 bridgehead atoms. The number of aromatic nitrogens is 1. The highest BCUT2D eigenvalue weighted by atomic mass is 32.2. The van der Waals surface area contributed by atoms with E-state index in [1.165, 1.54) is 6.92 Å². The summed E-state index contributed by atoms with van der Waals surface area (Å²) in [6.45, 7) is 1.50. The van der Waals surface area contributed by atoms with Crippen molar-refractivity contribution in [2.75, 3.05) is 0 Å². The highest BCUT2D eigenvalue weighted by molar-refractivity contribution is 7.85. The van der Waals surface area contributed by atoms with Crippen molar-refractivity contribution < 1.29 is 9.00 Å². The Kier molecular flexibility index (Phi) is 3.44. The summed E-state index contributed by atoms with van der Waals surface area (Å²) in [5.41, 5.74) is 0.617. The zero-order valence-corrected chi connectivity index (χ0v) is 10.1. The van der Waals surface area contributed by atoms with E-state index in [2.05, 4.69) is 4.98 Å². The minimum absolute atomic E-state index is 0.000156. The second-order valence-corrected chi connectivity index (χ2v) is 4.94. The van der Waals surface area contributed by atoms with E-state index < -0.39 is 10.8 Å². The highest BCUT2D eigenvalue weighted by Gasteiger charge is 2.08. The molecule has 0 spiro atoms. The first-order valence-corrected chi connectivity index (χ1v) is 6.27. The van der Waals surface area contributed by atoms with Gasteiger partial charge in [-0.2, -0.15) is 0 Å². The van der Waals surface area contributed by atoms with Crippen LogP contribution in [-0.2, 0) is 10.8 Å². The van der Waals surface area contributed by atoms with Gasteiger partial charge in [-0.15, -0.1) is 0 Å². The third-order valence-corrected chi connectivity index (χ3v) is 3.62. The lowest BCUT2D eigenvalue weighted by Gasteiger charge is -2.02. The van der Waals surface area contributed by atoms with E-state index in [9.17, 15) is 9.00 Å². The largest absolute Gasteiger partial charge is 0.295 e. The predicted octanol–water partition coefficient (Wildman–Crippen LogP) is 2.45. The number of nitrogens with zero attached hydrogens (tertiary/aromatic N) is 1. The molecule has 4 heteroatoms. The van der Waals surface area contributed by atoms with Crippen molar-refractivity contribution in [3.63, 3.8) is 0 Å². The smallest absolute Gasteiger partial charge is 0.159 e. The van der Waals surface area contributed by atoms with E-state index in [-0.39, 0.29) is 5.78 Å². The third-order valence-electron chi connectivity index (χ3n) is 2.30. The topological polar surface area (TPSA) is 47.0 Å². The quantitative estimate of drug-likeness (QED) is 0.780. The number of ketones is 1. The number of hydrogen-bond acceptors (Lipinski definition) is 3. The molecule has 1 aromatic carbocycles. The summed E-state index contributed by atoms with van der Waals surface area (Å²) >= 11 is 0. The molecule has 3 nitrogen and oxygen atoms in total. The summed E-state index contributed by atoms with van der Waals surface area (Å²) in [7, 11) is -1.29. The van der Waals surface area contributed by atoms with Crippen LogP contribution in [0.3, 0.4) is 0 Å². The first-order chi connectivity index (χ1) is 8.18. The molecule has 0 aliphatic rings. The zero-order valence-electron chi connectivity index (χ0n) is 9.29. The Hall–Kier alpha value is -1.81. The summed E-state index contributed by atoms with van der Waals surface area (Å²) in [5.74, 6) is 0.000156. The molecule has 1 atom stereocenters. The molecule has 0 aliphatic carbocycles. The van der Waals surface area contributed by atoms with Crippen LogP contribution < -0.4 is 0 Å². The Morgan fingerprint density at radius 3 is 2.35 bits per heavy atom. The van der Waals surface area contributed by atoms with Gasteiger partial charge in [-0.05, 0) is 31.2 Å². The average Bonchev–Trinajstić information content (AvgIpc) is 2.39. The van der Waals surface area contributed by atoms with Gasteiger partial charge in [0.1, 0.15) is 15.8 Å². The van der Waals surface area contributed by atoms with Crippen LogP contribution in [0.5, 0.6) is 0 Å². The molecule has 0 fully saturated rings. The first-order valence-electron chi connectivity index (χ1n) is 5.12. The Morgan fingerprint density at radius 1 is 1.12 bits per heavy atom. The normalized spacial score (nSPS) is 12.1. The summed E-state index contributed by atoms with van der Waals surface area (Å²) in [6, 6.07) is 12.0. The van der Waals surface area contributed by atoms with E-state index in [0.29, 0.717) is 15.5 Å². The SMILES string of the molecule is CC(=O)c1ccc(S(=O)c2ccccn2)cc1. The number of rotatable bonds is 3. The molecule has 2 aromatic rings. The molecule has 0 saturated carbocycles. The molecule has 0 amide bonds. The summed E-state index contributed by atoms with van der Waals surface area (Å²) in [5, 5.41) is 0.517. The molecule has 2 rings (SSSR count). The maximum Gasteiger partial charge on any atom is 0.159 e. The number of pyridine rings is 1. The molecule has 1 unspecified atom stereocenters. The third kappa shape index (κ3) is 2.65. The van der Waals surface area contributed by atoms with Crippen LogP contribution >= 0.6 is 0 Å². The highest BCUT2D eigenvalue weighted by Crippen LogP contribution is 2.14. The van der Waals surface area contributed by atoms with E-state index in [1.54, 1.807) is 48.7 Å². The van der Waals surface area contributed by atoms with Crippen molar-refractivity contribution in [3.8, 4) is 0 Å². The molecular weight excluding hydrogens is 234 g/mol. The van der Waals surface area contributed by atoms with Gasteiger partial charge in [-0.25, -0.2) is 9.19 Å². The molecule has 0 aliphatic heterocycles. The van der Waals surface area contributed by atoms with E-state index >= 15 is 0 Å². The van der Waals surface area contributed by atoms with Crippen LogP contribution in [-0.4, -0.2) is 15.0 Å². The Bertz CT molecular complexity index is 549. The van der Waals surface area contributed by atoms with E-state index in [0.717, 1.165) is 0 Å². The molecule has 0 N–H and O–H groups in total. The van der Waals surface area contributed by atoms with E-state index in [4.69, 9.17) is 0 Å². The molecule has 0 radical (unpaired) electrons. The number of carbonyl (C=O) groups is 1. The fraction of sp³-hybridized carbons (Fsp3) is 0.0769. The van der Waals surface area contributed by atoms with Gasteiger partial charge in [0.25, 0.3) is 0 Å². The number of Topliss-reactive ketones (excluding diaryl/α,β-unsaturated/α-hetero) is 1. The molecular formula is C13H11NO2S. The van der Waals surface area contributed by atoms with Gasteiger partial charge in [-0.3, -0.25) is 4.79 Å². The minimum Gasteiger partial charge on any atom is -0.295 e. The van der Waals surface area contributed by atoms with Crippen LogP contribution in [0.1, 0.15) is 17.3 Å².